The molecule has 1 atom stereocenters. The molecule has 264 valence electrons. The summed E-state index contributed by atoms with van der Waals surface area (Å²) in [5.74, 6) is -2.59. The van der Waals surface area contributed by atoms with E-state index in [1.54, 1.807) is 13.0 Å². The van der Waals surface area contributed by atoms with Crippen molar-refractivity contribution in [3.63, 3.8) is 0 Å². The number of hydrogen-bond acceptors (Lipinski definition) is 7. The van der Waals surface area contributed by atoms with Crippen LogP contribution in [0.2, 0.25) is 10.0 Å². The van der Waals surface area contributed by atoms with Crippen molar-refractivity contribution in [3.05, 3.63) is 99.6 Å². The van der Waals surface area contributed by atoms with Crippen molar-refractivity contribution in [1.29, 1.82) is 0 Å². The van der Waals surface area contributed by atoms with Crippen molar-refractivity contribution in [3.8, 4) is 5.75 Å². The first-order valence-corrected chi connectivity index (χ1v) is 16.4. The fourth-order valence-electron chi connectivity index (χ4n) is 6.38. The maximum absolute atomic E-state index is 14.3. The van der Waals surface area contributed by atoms with E-state index in [9.17, 15) is 32.3 Å². The topological polar surface area (TPSA) is 162 Å². The first kappa shape index (κ1) is 34.3. The molecule has 4 N–H and O–H groups in total. The van der Waals surface area contributed by atoms with Gasteiger partial charge in [-0.15, -0.1) is 13.2 Å². The molecule has 1 aliphatic heterocycles. The number of primary amides is 1. The molecule has 2 aromatic heterocycles. The van der Waals surface area contributed by atoms with Gasteiger partial charge < -0.3 is 21.1 Å². The summed E-state index contributed by atoms with van der Waals surface area (Å²) in [6.07, 6.45) is -0.397. The van der Waals surface area contributed by atoms with Crippen molar-refractivity contribution in [2.24, 2.45) is 5.73 Å². The molecule has 0 spiro atoms. The molecule has 4 amide bonds. The van der Waals surface area contributed by atoms with Crippen LogP contribution in [-0.2, 0) is 27.1 Å². The Morgan fingerprint density at radius 3 is 2.16 bits per heavy atom. The molecule has 12 nitrogen and oxygen atoms in total. The number of halogens is 5. The summed E-state index contributed by atoms with van der Waals surface area (Å²) >= 11 is 12.5. The molecule has 0 radical (unpaired) electrons. The zero-order valence-corrected chi connectivity index (χ0v) is 28.2. The SMILES string of the molecule is C[C@@]1(Cc2ccc(OC(F)(F)F)cc2)C(=O)N(c2cc(Cl)cc(Cl)c2)c2ncc(C(=O)NC3(C(=O)NC4(c5ccc(C(N)=O)cn5)CC4)CC3)n21. The Balaban J connectivity index is 1.18. The minimum Gasteiger partial charge on any atom is -0.406 e. The summed E-state index contributed by atoms with van der Waals surface area (Å²) in [4.78, 5) is 63.6. The van der Waals surface area contributed by atoms with Crippen molar-refractivity contribution in [1.82, 2.24) is 25.2 Å². The van der Waals surface area contributed by atoms with E-state index >= 15 is 0 Å². The molecule has 3 heterocycles. The molecule has 7 rings (SSSR count). The van der Waals surface area contributed by atoms with Gasteiger partial charge >= 0.3 is 6.36 Å². The van der Waals surface area contributed by atoms with Gasteiger partial charge in [0.2, 0.25) is 17.8 Å². The highest BCUT2D eigenvalue weighted by molar-refractivity contribution is 6.35. The van der Waals surface area contributed by atoms with Gasteiger partial charge in [-0.1, -0.05) is 35.3 Å². The van der Waals surface area contributed by atoms with Crippen LogP contribution in [0.15, 0.2) is 67.0 Å². The van der Waals surface area contributed by atoms with E-state index in [2.05, 4.69) is 25.3 Å². The minimum atomic E-state index is -4.88. The van der Waals surface area contributed by atoms with Gasteiger partial charge in [0, 0.05) is 22.7 Å². The Hall–Kier alpha value is -5.15. The van der Waals surface area contributed by atoms with Crippen LogP contribution in [-0.4, -0.2) is 50.1 Å². The largest absolute Gasteiger partial charge is 0.573 e. The lowest BCUT2D eigenvalue weighted by Crippen LogP contribution is -2.52. The Bertz CT molecular complexity index is 2080. The molecule has 0 bridgehead atoms. The van der Waals surface area contributed by atoms with Crippen LogP contribution in [0.3, 0.4) is 0 Å². The number of benzene rings is 2. The average molecular weight is 743 g/mol. The third kappa shape index (κ3) is 6.35. The van der Waals surface area contributed by atoms with Crippen molar-refractivity contribution in [2.75, 3.05) is 4.90 Å². The molecule has 2 aliphatic carbocycles. The number of nitrogens with one attached hydrogen (secondary N) is 2. The number of pyridine rings is 1. The summed E-state index contributed by atoms with van der Waals surface area (Å²) in [5.41, 5.74) is 3.30. The van der Waals surface area contributed by atoms with Crippen LogP contribution < -0.4 is 26.0 Å². The lowest BCUT2D eigenvalue weighted by molar-refractivity contribution is -0.274. The number of rotatable bonds is 10. The average Bonchev–Trinajstić information content (AvgIpc) is 3.96. The van der Waals surface area contributed by atoms with E-state index in [1.165, 1.54) is 58.3 Å². The zero-order chi connectivity index (χ0) is 36.5. The molecule has 17 heteroatoms. The highest BCUT2D eigenvalue weighted by atomic mass is 35.5. The van der Waals surface area contributed by atoms with E-state index in [0.717, 1.165) is 12.1 Å². The number of fused-ring (bicyclic) bond motifs is 1. The number of amides is 4. The third-order valence-corrected chi connectivity index (χ3v) is 9.76. The first-order valence-electron chi connectivity index (χ1n) is 15.7. The maximum Gasteiger partial charge on any atom is 0.573 e. The van der Waals surface area contributed by atoms with Crippen LogP contribution in [0.5, 0.6) is 5.75 Å². The summed E-state index contributed by atoms with van der Waals surface area (Å²) < 4.78 is 43.8. The van der Waals surface area contributed by atoms with Crippen LogP contribution >= 0.6 is 23.2 Å². The highest BCUT2D eigenvalue weighted by Crippen LogP contribution is 2.47. The summed E-state index contributed by atoms with van der Waals surface area (Å²) in [5, 5.41) is 6.36. The molecule has 2 aromatic carbocycles. The third-order valence-electron chi connectivity index (χ3n) is 9.32. The number of imidazole rings is 1. The van der Waals surface area contributed by atoms with Gasteiger partial charge in [0.25, 0.3) is 11.8 Å². The van der Waals surface area contributed by atoms with Gasteiger partial charge in [-0.25, -0.2) is 9.88 Å². The number of carbonyl (C=O) groups is 4. The molecule has 4 aromatic rings. The van der Waals surface area contributed by atoms with Crippen molar-refractivity contribution >= 4 is 58.5 Å². The van der Waals surface area contributed by atoms with E-state index < -0.39 is 52.4 Å². The second-order valence-corrected chi connectivity index (χ2v) is 13.9. The number of nitrogens with zero attached hydrogens (tertiary/aromatic N) is 4. The zero-order valence-electron chi connectivity index (χ0n) is 26.7. The van der Waals surface area contributed by atoms with Crippen LogP contribution in [0.25, 0.3) is 0 Å². The summed E-state index contributed by atoms with van der Waals surface area (Å²) in [6.45, 7) is 1.58. The van der Waals surface area contributed by atoms with Crippen LogP contribution in [0.1, 0.15) is 64.7 Å². The molecule has 2 saturated carbocycles. The maximum atomic E-state index is 14.3. The fraction of sp³-hybridized carbons (Fsp3) is 0.294. The lowest BCUT2D eigenvalue weighted by atomic mass is 9.91. The second-order valence-electron chi connectivity index (χ2n) is 13.1. The quantitative estimate of drug-likeness (QED) is 0.199. The van der Waals surface area contributed by atoms with Gasteiger partial charge in [-0.2, -0.15) is 0 Å². The van der Waals surface area contributed by atoms with E-state index in [0.29, 0.717) is 36.9 Å². The Morgan fingerprint density at radius 1 is 0.941 bits per heavy atom. The van der Waals surface area contributed by atoms with E-state index in [-0.39, 0.29) is 39.4 Å². The van der Waals surface area contributed by atoms with Gasteiger partial charge in [0.15, 0.2) is 0 Å². The van der Waals surface area contributed by atoms with Gasteiger partial charge in [-0.05, 0) is 80.6 Å². The number of ether oxygens (including phenoxy) is 1. The number of hydrogen-bond donors (Lipinski definition) is 3. The lowest BCUT2D eigenvalue weighted by Gasteiger charge is -2.27. The van der Waals surface area contributed by atoms with E-state index in [4.69, 9.17) is 28.9 Å². The van der Waals surface area contributed by atoms with E-state index in [1.807, 2.05) is 0 Å². The van der Waals surface area contributed by atoms with Crippen molar-refractivity contribution < 1.29 is 37.1 Å². The van der Waals surface area contributed by atoms with Gasteiger partial charge in [0.05, 0.1) is 28.7 Å². The molecule has 51 heavy (non-hydrogen) atoms. The molecule has 0 saturated heterocycles. The number of aromatic nitrogens is 3. The highest BCUT2D eigenvalue weighted by Gasteiger charge is 2.57. The van der Waals surface area contributed by atoms with Crippen molar-refractivity contribution in [2.45, 2.75) is 62.0 Å². The molecule has 3 aliphatic rings. The normalized spacial score (nSPS) is 19.6. The Kier molecular flexibility index (Phi) is 8.06. The monoisotopic (exact) mass is 741 g/mol. The van der Waals surface area contributed by atoms with Gasteiger partial charge in [-0.3, -0.25) is 28.7 Å². The smallest absolute Gasteiger partial charge is 0.406 e. The van der Waals surface area contributed by atoms with Crippen LogP contribution in [0, 0.1) is 0 Å². The number of carbonyl (C=O) groups excluding carboxylic acids is 4. The first-order chi connectivity index (χ1) is 24.0. The number of nitrogens with two attached hydrogens (primary N) is 1. The molecular weight excluding hydrogens is 714 g/mol. The predicted molar refractivity (Wildman–Crippen MR) is 178 cm³/mol. The van der Waals surface area contributed by atoms with Crippen LogP contribution in [0.4, 0.5) is 24.8 Å². The molecular formula is C34H28Cl2F3N7O5. The number of anilines is 2. The number of alkyl halides is 3. The van der Waals surface area contributed by atoms with Gasteiger partial charge in [0.1, 0.15) is 22.5 Å². The standard InChI is InChI=1S/C34H28Cl2F3N7O5/c1-31(15-18-2-5-23(6-3-18)51-34(37,38)39)29(50)45(22-13-20(35)12-21(36)14-22)30-42-17-24(46(30)31)27(48)43-33(10-11-33)28(49)44-32(8-9-32)25-7-4-19(16-41-25)26(40)47/h2-7,12-14,16-17H,8-11,15H2,1H3,(H2,40,47)(H,43,48)(H,44,49)/t31-/m1/s1. The second kappa shape index (κ2) is 12.0. The minimum absolute atomic E-state index is 0.0302. The summed E-state index contributed by atoms with van der Waals surface area (Å²) in [7, 11) is 0. The molecule has 0 unspecified atom stereocenters. The molecule has 2 fully saturated rings. The Labute approximate surface area is 298 Å². The predicted octanol–water partition coefficient (Wildman–Crippen LogP) is 5.29. The Morgan fingerprint density at radius 2 is 1.61 bits per heavy atom. The fourth-order valence-corrected chi connectivity index (χ4v) is 6.90. The summed E-state index contributed by atoms with van der Waals surface area (Å²) in [6, 6.07) is 12.7.